The van der Waals surface area contributed by atoms with Crippen LogP contribution < -0.4 is 5.12 Å². The molecule has 5 nitrogen and oxygen atoms in total. The van der Waals surface area contributed by atoms with E-state index in [1.54, 1.807) is 34.4 Å². The van der Waals surface area contributed by atoms with Crippen molar-refractivity contribution in [3.63, 3.8) is 0 Å². The van der Waals surface area contributed by atoms with Gasteiger partial charge in [0.05, 0.1) is 29.0 Å². The molecule has 0 unspecified atom stereocenters. The van der Waals surface area contributed by atoms with Gasteiger partial charge in [-0.2, -0.15) is 15.0 Å². The third-order valence-corrected chi connectivity index (χ3v) is 3.63. The van der Waals surface area contributed by atoms with Gasteiger partial charge in [-0.25, -0.2) is 0 Å². The summed E-state index contributed by atoms with van der Waals surface area (Å²) < 4.78 is 0. The van der Waals surface area contributed by atoms with Crippen molar-refractivity contribution in [2.45, 2.75) is 6.54 Å². The number of hydrogen-bond donors (Lipinski definition) is 0. The van der Waals surface area contributed by atoms with E-state index < -0.39 is 0 Å². The molecule has 0 bridgehead atoms. The van der Waals surface area contributed by atoms with Gasteiger partial charge in [-0.05, 0) is 17.4 Å². The highest BCUT2D eigenvalue weighted by atomic mass is 35.5. The Labute approximate surface area is 118 Å². The fourth-order valence-corrected chi connectivity index (χ4v) is 2.37. The van der Waals surface area contributed by atoms with Gasteiger partial charge in [0.2, 0.25) is 0 Å². The summed E-state index contributed by atoms with van der Waals surface area (Å²) in [5, 5.41) is 14.9. The van der Waals surface area contributed by atoms with Crippen molar-refractivity contribution in [2.75, 3.05) is 5.12 Å². The number of aromatic nitrogens is 2. The van der Waals surface area contributed by atoms with Crippen LogP contribution in [0.5, 0.6) is 0 Å². The SMILES string of the molecule is Clc1cc(Cl)c2c(c1Cl)N=NN(n1cccn1)C2. The van der Waals surface area contributed by atoms with Crippen molar-refractivity contribution in [3.05, 3.63) is 45.2 Å². The molecule has 1 aliphatic heterocycles. The largest absolute Gasteiger partial charge is 0.162 e. The minimum Gasteiger partial charge on any atom is -0.162 e. The first kappa shape index (κ1) is 11.8. The van der Waals surface area contributed by atoms with Gasteiger partial charge in [0.25, 0.3) is 0 Å². The van der Waals surface area contributed by atoms with Crippen molar-refractivity contribution in [1.29, 1.82) is 0 Å². The lowest BCUT2D eigenvalue weighted by atomic mass is 10.1. The zero-order chi connectivity index (χ0) is 12.7. The molecule has 0 spiro atoms. The Morgan fingerprint density at radius 3 is 2.72 bits per heavy atom. The average Bonchev–Trinajstić information content (AvgIpc) is 2.89. The predicted octanol–water partition coefficient (Wildman–Crippen LogP) is 3.99. The Kier molecular flexibility index (Phi) is 2.89. The second kappa shape index (κ2) is 4.42. The van der Waals surface area contributed by atoms with Crippen LogP contribution in [0.15, 0.2) is 34.9 Å². The summed E-state index contributed by atoms with van der Waals surface area (Å²) in [5.41, 5.74) is 1.29. The third kappa shape index (κ3) is 1.84. The van der Waals surface area contributed by atoms with E-state index in [9.17, 15) is 0 Å². The molecule has 8 heteroatoms. The normalized spacial score (nSPS) is 13.8. The van der Waals surface area contributed by atoms with E-state index in [0.717, 1.165) is 5.56 Å². The molecule has 0 N–H and O–H groups in total. The van der Waals surface area contributed by atoms with E-state index in [-0.39, 0.29) is 0 Å². The lowest BCUT2D eigenvalue weighted by Crippen LogP contribution is -2.30. The van der Waals surface area contributed by atoms with Crippen LogP contribution in [0, 0.1) is 0 Å². The summed E-state index contributed by atoms with van der Waals surface area (Å²) in [5.74, 6) is 0. The van der Waals surface area contributed by atoms with Gasteiger partial charge in [-0.1, -0.05) is 34.8 Å². The average molecular weight is 303 g/mol. The molecule has 3 rings (SSSR count). The molecule has 0 fully saturated rings. The molecule has 18 heavy (non-hydrogen) atoms. The highest BCUT2D eigenvalue weighted by molar-refractivity contribution is 6.45. The van der Waals surface area contributed by atoms with E-state index in [0.29, 0.717) is 27.3 Å². The maximum Gasteiger partial charge on any atom is 0.114 e. The summed E-state index contributed by atoms with van der Waals surface area (Å²) >= 11 is 18.2. The van der Waals surface area contributed by atoms with Crippen LogP contribution in [0.2, 0.25) is 15.1 Å². The highest BCUT2D eigenvalue weighted by Crippen LogP contribution is 2.42. The van der Waals surface area contributed by atoms with E-state index >= 15 is 0 Å². The summed E-state index contributed by atoms with van der Waals surface area (Å²) in [6.07, 6.45) is 3.41. The quantitative estimate of drug-likeness (QED) is 0.748. The van der Waals surface area contributed by atoms with E-state index in [2.05, 4.69) is 15.4 Å². The lowest BCUT2D eigenvalue weighted by Gasteiger charge is -2.23. The smallest absolute Gasteiger partial charge is 0.114 e. The molecule has 0 saturated carbocycles. The molecule has 2 heterocycles. The van der Waals surface area contributed by atoms with Gasteiger partial charge in [-0.3, -0.25) is 0 Å². The van der Waals surface area contributed by atoms with Crippen LogP contribution in [0.4, 0.5) is 5.69 Å². The number of halogens is 3. The highest BCUT2D eigenvalue weighted by Gasteiger charge is 2.22. The topological polar surface area (TPSA) is 45.8 Å². The second-order valence-corrected chi connectivity index (χ2v) is 4.82. The van der Waals surface area contributed by atoms with Gasteiger partial charge < -0.3 is 0 Å². The molecule has 1 aromatic carbocycles. The number of nitrogens with zero attached hydrogens (tertiary/aromatic N) is 5. The minimum absolute atomic E-state index is 0.361. The molecule has 0 radical (unpaired) electrons. The number of rotatable bonds is 1. The maximum absolute atomic E-state index is 6.15. The van der Waals surface area contributed by atoms with Gasteiger partial charge in [0, 0.05) is 10.6 Å². The Hall–Kier alpha value is -1.30. The van der Waals surface area contributed by atoms with Crippen LogP contribution in [0.1, 0.15) is 5.56 Å². The van der Waals surface area contributed by atoms with Crippen molar-refractivity contribution >= 4 is 40.5 Å². The van der Waals surface area contributed by atoms with Crippen LogP contribution in [-0.4, -0.2) is 9.89 Å². The van der Waals surface area contributed by atoms with Crippen LogP contribution >= 0.6 is 34.8 Å². The summed E-state index contributed by atoms with van der Waals surface area (Å²) in [7, 11) is 0. The third-order valence-electron chi connectivity index (χ3n) is 2.52. The summed E-state index contributed by atoms with van der Waals surface area (Å²) in [4.78, 5) is 1.56. The predicted molar refractivity (Wildman–Crippen MR) is 70.1 cm³/mol. The van der Waals surface area contributed by atoms with Crippen LogP contribution in [0.3, 0.4) is 0 Å². The Morgan fingerprint density at radius 2 is 2.00 bits per heavy atom. The first-order valence-electron chi connectivity index (χ1n) is 5.02. The monoisotopic (exact) mass is 301 g/mol. The Morgan fingerprint density at radius 1 is 1.17 bits per heavy atom. The summed E-state index contributed by atoms with van der Waals surface area (Å²) in [6.45, 7) is 0.427. The fraction of sp³-hybridized carbons (Fsp3) is 0.100. The van der Waals surface area contributed by atoms with Crippen molar-refractivity contribution in [1.82, 2.24) is 9.89 Å². The van der Waals surface area contributed by atoms with Crippen molar-refractivity contribution < 1.29 is 0 Å². The standard InChI is InChI=1S/C10H6Cl3N5/c11-7-4-8(12)9(13)10-6(7)5-18(16-15-10)17-3-1-2-14-17/h1-4H,5H2. The zero-order valence-electron chi connectivity index (χ0n) is 8.89. The van der Waals surface area contributed by atoms with E-state index in [1.807, 2.05) is 0 Å². The number of benzene rings is 1. The maximum atomic E-state index is 6.15. The lowest BCUT2D eigenvalue weighted by molar-refractivity contribution is 0.514. The van der Waals surface area contributed by atoms with Crippen molar-refractivity contribution in [3.8, 4) is 0 Å². The molecule has 1 aliphatic rings. The molecule has 92 valence electrons. The van der Waals surface area contributed by atoms with E-state index in [1.165, 1.54) is 0 Å². The van der Waals surface area contributed by atoms with Crippen LogP contribution in [-0.2, 0) is 6.54 Å². The van der Waals surface area contributed by atoms with Crippen molar-refractivity contribution in [2.24, 2.45) is 10.3 Å². The van der Waals surface area contributed by atoms with Gasteiger partial charge in [0.15, 0.2) is 0 Å². The number of hydrogen-bond acceptors (Lipinski definition) is 4. The Balaban J connectivity index is 2.07. The molecular formula is C10H6Cl3N5. The van der Waals surface area contributed by atoms with Gasteiger partial charge in [-0.15, -0.1) is 5.11 Å². The van der Waals surface area contributed by atoms with Gasteiger partial charge in [0.1, 0.15) is 5.69 Å². The first-order chi connectivity index (χ1) is 8.66. The fourth-order valence-electron chi connectivity index (χ4n) is 1.66. The molecule has 2 aromatic rings. The first-order valence-corrected chi connectivity index (χ1v) is 6.15. The molecule has 1 aromatic heterocycles. The molecule has 0 atom stereocenters. The van der Waals surface area contributed by atoms with E-state index in [4.69, 9.17) is 34.8 Å². The molecule has 0 amide bonds. The molecule has 0 saturated heterocycles. The molecular weight excluding hydrogens is 297 g/mol. The zero-order valence-corrected chi connectivity index (χ0v) is 11.2. The second-order valence-electron chi connectivity index (χ2n) is 3.63. The minimum atomic E-state index is 0.361. The summed E-state index contributed by atoms with van der Waals surface area (Å²) in [6, 6.07) is 3.40. The Bertz CT molecular complexity index is 623. The van der Waals surface area contributed by atoms with Crippen LogP contribution in [0.25, 0.3) is 0 Å². The number of fused-ring (bicyclic) bond motifs is 1. The van der Waals surface area contributed by atoms with Gasteiger partial charge >= 0.3 is 0 Å². The molecule has 0 aliphatic carbocycles.